The summed E-state index contributed by atoms with van der Waals surface area (Å²) >= 11 is 0. The monoisotopic (exact) mass is 584 g/mol. The first-order valence-corrected chi connectivity index (χ1v) is 14.6. The number of esters is 1. The summed E-state index contributed by atoms with van der Waals surface area (Å²) in [5.41, 5.74) is 4.25. The second-order valence-corrected chi connectivity index (χ2v) is 11.4. The van der Waals surface area contributed by atoms with Crippen LogP contribution in [0.3, 0.4) is 0 Å². The molecule has 0 aliphatic rings. The van der Waals surface area contributed by atoms with Crippen LogP contribution in [0.4, 0.5) is 26.7 Å². The fraction of sp³-hybridized carbons (Fsp3) is 0.531. The molecule has 0 fully saturated rings. The zero-order valence-corrected chi connectivity index (χ0v) is 26.1. The lowest BCUT2D eigenvalue weighted by Crippen LogP contribution is -2.32. The number of rotatable bonds is 15. The zero-order valence-electron chi connectivity index (χ0n) is 26.1. The number of amides is 3. The maximum atomic E-state index is 13.1. The van der Waals surface area contributed by atoms with Crippen LogP contribution in [0.5, 0.6) is 0 Å². The number of aryl methyl sites for hydroxylation is 1. The first-order chi connectivity index (χ1) is 19.9. The Balaban J connectivity index is 2.26. The van der Waals surface area contributed by atoms with E-state index in [9.17, 15) is 14.4 Å². The maximum absolute atomic E-state index is 13.1. The number of urea groups is 1. The summed E-state index contributed by atoms with van der Waals surface area (Å²) in [6.45, 7) is 13.7. The Bertz CT molecular complexity index is 1140. The number of aliphatic hydroxyl groups is 1. The third-order valence-electron chi connectivity index (χ3n) is 6.62. The molecule has 0 aliphatic carbocycles. The Kier molecular flexibility index (Phi) is 14.1. The molecule has 0 heterocycles. The highest BCUT2D eigenvalue weighted by atomic mass is 16.7. The van der Waals surface area contributed by atoms with Gasteiger partial charge in [0.25, 0.3) is 0 Å². The number of benzene rings is 2. The van der Waals surface area contributed by atoms with Crippen molar-refractivity contribution in [3.63, 3.8) is 0 Å². The van der Waals surface area contributed by atoms with Crippen LogP contribution in [0.25, 0.3) is 0 Å². The molecule has 0 spiro atoms. The van der Waals surface area contributed by atoms with Gasteiger partial charge in [-0.25, -0.2) is 9.59 Å². The second kappa shape index (κ2) is 17.2. The van der Waals surface area contributed by atoms with E-state index in [0.29, 0.717) is 29.6 Å². The summed E-state index contributed by atoms with van der Waals surface area (Å²) < 4.78 is 10.1. The third-order valence-corrected chi connectivity index (χ3v) is 6.62. The molecular weight excluding hydrogens is 536 g/mol. The smallest absolute Gasteiger partial charge is 0.412 e. The van der Waals surface area contributed by atoms with Gasteiger partial charge in [-0.3, -0.25) is 4.79 Å². The van der Waals surface area contributed by atoms with Gasteiger partial charge in [0.1, 0.15) is 0 Å². The molecule has 3 amide bonds. The maximum Gasteiger partial charge on any atom is 0.412 e. The molecule has 2 aromatic rings. The van der Waals surface area contributed by atoms with Crippen molar-refractivity contribution < 1.29 is 29.0 Å². The minimum absolute atomic E-state index is 0.0799. The molecule has 10 heteroatoms. The fourth-order valence-corrected chi connectivity index (χ4v) is 4.51. The van der Waals surface area contributed by atoms with E-state index in [4.69, 9.17) is 14.6 Å². The summed E-state index contributed by atoms with van der Waals surface area (Å²) in [5.74, 6) is 0.141. The average Bonchev–Trinajstić information content (AvgIpc) is 2.92. The average molecular weight is 585 g/mol. The quantitative estimate of drug-likeness (QED) is 0.168. The number of nitrogens with one attached hydrogen (secondary N) is 2. The van der Waals surface area contributed by atoms with Crippen molar-refractivity contribution in [3.05, 3.63) is 53.6 Å². The van der Waals surface area contributed by atoms with E-state index in [1.807, 2.05) is 56.3 Å². The largest absolute Gasteiger partial charge is 0.428 e. The number of carbonyl (C=O) groups excluding carboxylic acids is 3. The predicted molar refractivity (Wildman–Crippen MR) is 167 cm³/mol. The van der Waals surface area contributed by atoms with Gasteiger partial charge in [-0.05, 0) is 60.9 Å². The summed E-state index contributed by atoms with van der Waals surface area (Å²) in [5, 5.41) is 14.9. The molecule has 1 atom stereocenters. The number of hydrogen-bond acceptors (Lipinski definition) is 7. The van der Waals surface area contributed by atoms with E-state index >= 15 is 0 Å². The number of carbonyl (C=O) groups is 3. The fourth-order valence-electron chi connectivity index (χ4n) is 4.51. The van der Waals surface area contributed by atoms with Crippen LogP contribution in [0.2, 0.25) is 0 Å². The van der Waals surface area contributed by atoms with Crippen LogP contribution in [0.1, 0.15) is 64.5 Å². The summed E-state index contributed by atoms with van der Waals surface area (Å²) in [6, 6.07) is 13.2. The molecule has 0 aliphatic heterocycles. The van der Waals surface area contributed by atoms with Gasteiger partial charge in [-0.1, -0.05) is 58.4 Å². The molecule has 0 aromatic heterocycles. The lowest BCUT2D eigenvalue weighted by atomic mass is 9.92. The zero-order chi connectivity index (χ0) is 31.2. The van der Waals surface area contributed by atoms with Gasteiger partial charge in [0.2, 0.25) is 6.79 Å². The molecule has 0 radical (unpaired) electrons. The Hall–Kier alpha value is -3.79. The molecule has 10 nitrogen and oxygen atoms in total. The second-order valence-electron chi connectivity index (χ2n) is 11.4. The van der Waals surface area contributed by atoms with Crippen LogP contribution >= 0.6 is 0 Å². The first kappa shape index (κ1) is 34.4. The van der Waals surface area contributed by atoms with Gasteiger partial charge in [0, 0.05) is 32.4 Å². The number of anilines is 3. The van der Waals surface area contributed by atoms with Gasteiger partial charge < -0.3 is 35.0 Å². The van der Waals surface area contributed by atoms with Crippen LogP contribution in [0.15, 0.2) is 42.5 Å². The predicted octanol–water partition coefficient (Wildman–Crippen LogP) is 6.20. The molecule has 0 bridgehead atoms. The van der Waals surface area contributed by atoms with E-state index < -0.39 is 18.9 Å². The number of nitrogens with zero attached hydrogens (tertiary/aromatic N) is 2. The molecule has 2 aromatic carbocycles. The van der Waals surface area contributed by atoms with Crippen LogP contribution in [-0.4, -0.2) is 68.2 Å². The van der Waals surface area contributed by atoms with Gasteiger partial charge in [0.15, 0.2) is 0 Å². The number of likely N-dealkylation sites (N-methyl/N-ethyl adjacent to an activating group) is 1. The first-order valence-electron chi connectivity index (χ1n) is 14.6. The van der Waals surface area contributed by atoms with E-state index in [0.717, 1.165) is 29.9 Å². The lowest BCUT2D eigenvalue weighted by Gasteiger charge is -2.31. The molecule has 42 heavy (non-hydrogen) atoms. The molecule has 3 N–H and O–H groups in total. The van der Waals surface area contributed by atoms with Crippen molar-refractivity contribution in [1.29, 1.82) is 0 Å². The molecule has 0 saturated heterocycles. The topological polar surface area (TPSA) is 120 Å². The highest BCUT2D eigenvalue weighted by Crippen LogP contribution is 2.34. The van der Waals surface area contributed by atoms with E-state index in [1.165, 1.54) is 11.9 Å². The van der Waals surface area contributed by atoms with E-state index in [2.05, 4.69) is 43.2 Å². The molecular formula is C32H48N4O6. The highest BCUT2D eigenvalue weighted by molar-refractivity contribution is 6.02. The van der Waals surface area contributed by atoms with Crippen molar-refractivity contribution in [3.8, 4) is 0 Å². The number of ether oxygens (including phenoxy) is 2. The SMILES string of the molecule is CCC(CC(=O)OCOC(=O)N(C)CCO)c1ccc(N(CC(C)C)CC(C)C)c(NC(=O)Nc2ccc(C)cc2)c1. The van der Waals surface area contributed by atoms with Crippen molar-refractivity contribution in [1.82, 2.24) is 4.90 Å². The normalized spacial score (nSPS) is 11.7. The minimum atomic E-state index is -0.688. The van der Waals surface area contributed by atoms with Crippen molar-refractivity contribution in [2.24, 2.45) is 11.8 Å². The van der Waals surface area contributed by atoms with Gasteiger partial charge in [-0.2, -0.15) is 0 Å². The molecule has 1 unspecified atom stereocenters. The number of hydrogen-bond donors (Lipinski definition) is 3. The van der Waals surface area contributed by atoms with Crippen LogP contribution < -0.4 is 15.5 Å². The van der Waals surface area contributed by atoms with E-state index in [1.54, 1.807) is 0 Å². The van der Waals surface area contributed by atoms with Crippen molar-refractivity contribution in [2.45, 2.75) is 60.3 Å². The van der Waals surface area contributed by atoms with Crippen molar-refractivity contribution in [2.75, 3.05) is 55.6 Å². The van der Waals surface area contributed by atoms with Gasteiger partial charge in [-0.15, -0.1) is 0 Å². The Labute approximate surface area is 250 Å². The summed E-state index contributed by atoms with van der Waals surface area (Å²) in [4.78, 5) is 41.0. The summed E-state index contributed by atoms with van der Waals surface area (Å²) in [7, 11) is 1.48. The highest BCUT2D eigenvalue weighted by Gasteiger charge is 2.21. The van der Waals surface area contributed by atoms with Gasteiger partial charge >= 0.3 is 18.1 Å². The Morgan fingerprint density at radius 1 is 0.929 bits per heavy atom. The molecule has 0 saturated carbocycles. The summed E-state index contributed by atoms with van der Waals surface area (Å²) in [6.07, 6.45) is 0.0484. The molecule has 232 valence electrons. The van der Waals surface area contributed by atoms with Crippen molar-refractivity contribution >= 4 is 35.2 Å². The lowest BCUT2D eigenvalue weighted by molar-refractivity contribution is -0.152. The molecule has 2 rings (SSSR count). The Morgan fingerprint density at radius 2 is 1.57 bits per heavy atom. The standard InChI is InChI=1S/C32H48N4O6/c1-8-25(18-30(38)41-21-42-32(40)35(7)15-16-37)26-11-14-29(36(19-22(2)3)20-23(4)5)28(17-26)34-31(39)33-27-12-9-24(6)10-13-27/h9-14,17,22-23,25,37H,8,15-16,18-21H2,1-7H3,(H2,33,34,39). The third kappa shape index (κ3) is 11.6. The minimum Gasteiger partial charge on any atom is -0.428 e. The van der Waals surface area contributed by atoms with Crippen LogP contribution in [0, 0.1) is 18.8 Å². The Morgan fingerprint density at radius 3 is 2.14 bits per heavy atom. The number of aliphatic hydroxyl groups excluding tert-OH is 1. The van der Waals surface area contributed by atoms with Gasteiger partial charge in [0.05, 0.1) is 24.4 Å². The van der Waals surface area contributed by atoms with Crippen LogP contribution in [-0.2, 0) is 14.3 Å². The van der Waals surface area contributed by atoms with E-state index in [-0.39, 0.29) is 31.5 Å².